The summed E-state index contributed by atoms with van der Waals surface area (Å²) in [6, 6.07) is -1.73. The second-order valence-electron chi connectivity index (χ2n) is 5.05. The van der Waals surface area contributed by atoms with Crippen molar-refractivity contribution in [3.8, 4) is 0 Å². The highest BCUT2D eigenvalue weighted by molar-refractivity contribution is 6.30. The number of rotatable bonds is 2. The third kappa shape index (κ3) is 4.44. The highest BCUT2D eigenvalue weighted by atomic mass is 35.5. The Morgan fingerprint density at radius 3 is 2.04 bits per heavy atom. The zero-order chi connectivity index (χ0) is 17.4. The van der Waals surface area contributed by atoms with E-state index in [1.807, 2.05) is 0 Å². The minimum atomic E-state index is -5.13. The number of nitrogens with zero attached hydrogens (tertiary/aromatic N) is 1. The lowest BCUT2D eigenvalue weighted by atomic mass is 9.96. The molecular weight excluding hydrogens is 388 g/mol. The van der Waals surface area contributed by atoms with Crippen molar-refractivity contribution in [2.24, 2.45) is 0 Å². The van der Waals surface area contributed by atoms with Gasteiger partial charge in [0.1, 0.15) is 11.9 Å². The molecule has 0 aliphatic carbocycles. The van der Waals surface area contributed by atoms with Gasteiger partial charge in [0.15, 0.2) is 0 Å². The zero-order valence-electron chi connectivity index (χ0n) is 11.9. The molecule has 1 N–H and O–H groups in total. The van der Waals surface area contributed by atoms with Crippen LogP contribution in [0.15, 0.2) is 12.1 Å². The number of alkyl halides is 6. The van der Waals surface area contributed by atoms with Crippen molar-refractivity contribution in [2.45, 2.75) is 18.4 Å². The maximum Gasteiger partial charge on any atom is 0.416 e. The van der Waals surface area contributed by atoms with Crippen LogP contribution in [-0.2, 0) is 6.18 Å². The van der Waals surface area contributed by atoms with Crippen LogP contribution < -0.4 is 5.32 Å². The first-order valence-electron chi connectivity index (χ1n) is 6.60. The van der Waals surface area contributed by atoms with E-state index in [4.69, 9.17) is 11.6 Å². The van der Waals surface area contributed by atoms with Crippen molar-refractivity contribution in [1.29, 1.82) is 0 Å². The summed E-state index contributed by atoms with van der Waals surface area (Å²) in [5.41, 5.74) is -3.14. The van der Waals surface area contributed by atoms with Gasteiger partial charge in [-0.15, -0.1) is 12.4 Å². The first-order chi connectivity index (χ1) is 10.5. The summed E-state index contributed by atoms with van der Waals surface area (Å²) in [5.74, 6) is -1.69. The van der Waals surface area contributed by atoms with Crippen LogP contribution in [-0.4, -0.2) is 37.3 Å². The molecule has 0 spiro atoms. The van der Waals surface area contributed by atoms with Gasteiger partial charge in [-0.05, 0) is 12.1 Å². The van der Waals surface area contributed by atoms with Gasteiger partial charge < -0.3 is 5.32 Å². The SMILES string of the molecule is Cl.Fc1c(Cl)ccc(C(F)(F)F)c1[C@@H](N1CCNCC1)C(F)(F)F. The lowest BCUT2D eigenvalue weighted by Crippen LogP contribution is -2.49. The van der Waals surface area contributed by atoms with Gasteiger partial charge in [-0.1, -0.05) is 11.6 Å². The van der Waals surface area contributed by atoms with E-state index in [2.05, 4.69) is 5.32 Å². The van der Waals surface area contributed by atoms with Crippen LogP contribution >= 0.6 is 24.0 Å². The summed E-state index contributed by atoms with van der Waals surface area (Å²) in [6.45, 7) is 0.00703. The third-order valence-electron chi connectivity index (χ3n) is 3.54. The van der Waals surface area contributed by atoms with E-state index in [9.17, 15) is 30.7 Å². The van der Waals surface area contributed by atoms with Crippen molar-refractivity contribution in [1.82, 2.24) is 10.2 Å². The lowest BCUT2D eigenvalue weighted by molar-refractivity contribution is -0.191. The Bertz CT molecular complexity index is 569. The minimum Gasteiger partial charge on any atom is -0.314 e. The Morgan fingerprint density at radius 2 is 1.58 bits per heavy atom. The van der Waals surface area contributed by atoms with Gasteiger partial charge in [0.25, 0.3) is 0 Å². The molecule has 1 fully saturated rings. The Labute approximate surface area is 144 Å². The average molecular weight is 401 g/mol. The second-order valence-corrected chi connectivity index (χ2v) is 5.46. The Hall–Kier alpha value is -0.770. The molecule has 24 heavy (non-hydrogen) atoms. The number of halogens is 9. The molecule has 11 heteroatoms. The standard InChI is InChI=1S/C13H12ClF7N2.ClH/c14-8-2-1-7(12(16,17)18)9(10(8)15)11(13(19,20)21)23-5-3-22-4-6-23;/h1-2,11,22H,3-6H2;1H/t11-;/m1./s1. The Morgan fingerprint density at radius 1 is 1.04 bits per heavy atom. The fraction of sp³-hybridized carbons (Fsp3) is 0.538. The van der Waals surface area contributed by atoms with Gasteiger partial charge >= 0.3 is 12.4 Å². The van der Waals surface area contributed by atoms with Crippen LogP contribution in [0.1, 0.15) is 17.2 Å². The van der Waals surface area contributed by atoms with Gasteiger partial charge in [-0.2, -0.15) is 26.3 Å². The fourth-order valence-corrected chi connectivity index (χ4v) is 2.74. The predicted molar refractivity (Wildman–Crippen MR) is 76.9 cm³/mol. The number of piperazine rings is 1. The van der Waals surface area contributed by atoms with Crippen LogP contribution in [0.5, 0.6) is 0 Å². The molecule has 1 atom stereocenters. The van der Waals surface area contributed by atoms with Crippen LogP contribution in [0.2, 0.25) is 5.02 Å². The van der Waals surface area contributed by atoms with E-state index < -0.39 is 40.4 Å². The van der Waals surface area contributed by atoms with E-state index in [1.165, 1.54) is 0 Å². The number of nitrogens with one attached hydrogen (secondary N) is 1. The molecule has 1 aromatic rings. The Kier molecular flexibility index (Phi) is 6.77. The quantitative estimate of drug-likeness (QED) is 0.738. The molecule has 0 unspecified atom stereocenters. The van der Waals surface area contributed by atoms with Crippen LogP contribution in [0, 0.1) is 5.82 Å². The summed E-state index contributed by atoms with van der Waals surface area (Å²) in [7, 11) is 0. The predicted octanol–water partition coefficient (Wildman–Crippen LogP) is 4.43. The highest BCUT2D eigenvalue weighted by Gasteiger charge is 2.50. The molecule has 0 bridgehead atoms. The smallest absolute Gasteiger partial charge is 0.314 e. The molecule has 1 aliphatic heterocycles. The zero-order valence-corrected chi connectivity index (χ0v) is 13.5. The number of benzene rings is 1. The summed E-state index contributed by atoms with van der Waals surface area (Å²) in [5, 5.41) is 2.01. The topological polar surface area (TPSA) is 15.3 Å². The van der Waals surface area contributed by atoms with Gasteiger partial charge in [0.05, 0.1) is 10.6 Å². The van der Waals surface area contributed by atoms with Crippen LogP contribution in [0.3, 0.4) is 0 Å². The summed E-state index contributed by atoms with van der Waals surface area (Å²) in [6.07, 6.45) is -10.2. The number of hydrogen-bond acceptors (Lipinski definition) is 2. The van der Waals surface area contributed by atoms with Crippen molar-refractivity contribution in [3.63, 3.8) is 0 Å². The Balaban J connectivity index is 0.00000288. The minimum absolute atomic E-state index is 0. The summed E-state index contributed by atoms with van der Waals surface area (Å²) in [4.78, 5) is 0.778. The van der Waals surface area contributed by atoms with Gasteiger partial charge in [0.2, 0.25) is 0 Å². The summed E-state index contributed by atoms with van der Waals surface area (Å²) >= 11 is 5.43. The van der Waals surface area contributed by atoms with Crippen LogP contribution in [0.25, 0.3) is 0 Å². The third-order valence-corrected chi connectivity index (χ3v) is 3.83. The molecule has 0 saturated carbocycles. The van der Waals surface area contributed by atoms with Crippen molar-refractivity contribution in [2.75, 3.05) is 26.2 Å². The molecule has 1 heterocycles. The van der Waals surface area contributed by atoms with Crippen molar-refractivity contribution < 1.29 is 30.7 Å². The van der Waals surface area contributed by atoms with E-state index >= 15 is 0 Å². The monoisotopic (exact) mass is 400 g/mol. The summed E-state index contributed by atoms with van der Waals surface area (Å²) < 4.78 is 93.7. The molecular formula is C13H13Cl2F7N2. The lowest BCUT2D eigenvalue weighted by Gasteiger charge is -2.37. The molecule has 2 nitrogen and oxygen atoms in total. The van der Waals surface area contributed by atoms with E-state index in [0.29, 0.717) is 12.1 Å². The van der Waals surface area contributed by atoms with Gasteiger partial charge in [-0.3, -0.25) is 4.90 Å². The van der Waals surface area contributed by atoms with Crippen molar-refractivity contribution >= 4 is 24.0 Å². The van der Waals surface area contributed by atoms with Crippen LogP contribution in [0.4, 0.5) is 30.7 Å². The number of hydrogen-bond donors (Lipinski definition) is 1. The first kappa shape index (κ1) is 21.3. The second kappa shape index (κ2) is 7.63. The molecule has 1 saturated heterocycles. The molecule has 0 amide bonds. The van der Waals surface area contributed by atoms with Gasteiger partial charge in [-0.25, -0.2) is 4.39 Å². The first-order valence-corrected chi connectivity index (χ1v) is 6.98. The molecule has 0 aromatic heterocycles. The fourth-order valence-electron chi connectivity index (χ4n) is 2.57. The molecule has 2 rings (SSSR count). The maximum atomic E-state index is 14.2. The molecule has 138 valence electrons. The average Bonchev–Trinajstić information content (AvgIpc) is 2.42. The molecule has 0 radical (unpaired) electrons. The highest BCUT2D eigenvalue weighted by Crippen LogP contribution is 2.45. The molecule has 1 aliphatic rings. The van der Waals surface area contributed by atoms with E-state index in [-0.39, 0.29) is 38.6 Å². The maximum absolute atomic E-state index is 14.2. The van der Waals surface area contributed by atoms with E-state index in [1.54, 1.807) is 0 Å². The van der Waals surface area contributed by atoms with E-state index in [0.717, 1.165) is 4.90 Å². The normalized spacial score (nSPS) is 18.2. The van der Waals surface area contributed by atoms with Gasteiger partial charge in [0, 0.05) is 31.7 Å². The molecule has 1 aromatic carbocycles. The largest absolute Gasteiger partial charge is 0.416 e. The van der Waals surface area contributed by atoms with Crippen molar-refractivity contribution in [3.05, 3.63) is 34.1 Å².